The average Bonchev–Trinajstić information content (AvgIpc) is 2.88. The van der Waals surface area contributed by atoms with Gasteiger partial charge in [0.2, 0.25) is 5.91 Å². The van der Waals surface area contributed by atoms with Gasteiger partial charge in [0.05, 0.1) is 6.33 Å². The molecule has 0 fully saturated rings. The monoisotopic (exact) mass is 275 g/mol. The number of hydrogen-bond acceptors (Lipinski definition) is 5. The molecule has 2 aromatic rings. The van der Waals surface area contributed by atoms with Crippen LogP contribution in [0.15, 0.2) is 30.9 Å². The van der Waals surface area contributed by atoms with E-state index in [1.807, 2.05) is 0 Å². The molecule has 0 saturated carbocycles. The number of carbonyl (C=O) groups excluding carboxylic acids is 1. The Morgan fingerprint density at radius 1 is 1.40 bits per heavy atom. The number of imidazole rings is 1. The molecule has 20 heavy (non-hydrogen) atoms. The number of hydrogen-bond donors (Lipinski definition) is 3. The number of anilines is 1. The predicted octanol–water partition coefficient (Wildman–Crippen LogP) is 0.187. The third-order valence-corrected chi connectivity index (χ3v) is 2.57. The molecule has 0 aliphatic rings. The molecule has 2 aromatic heterocycles. The van der Waals surface area contributed by atoms with Crippen molar-refractivity contribution in [1.82, 2.24) is 14.5 Å². The lowest BCUT2D eigenvalue weighted by Crippen LogP contribution is -2.13. The highest BCUT2D eigenvalue weighted by atomic mass is 16.4. The van der Waals surface area contributed by atoms with E-state index >= 15 is 0 Å². The number of primary amides is 1. The summed E-state index contributed by atoms with van der Waals surface area (Å²) in [6, 6.07) is 3.08. The number of carboxylic acids is 1. The summed E-state index contributed by atoms with van der Waals surface area (Å²) in [7, 11) is 0. The van der Waals surface area contributed by atoms with E-state index in [-0.39, 0.29) is 5.69 Å². The quantitative estimate of drug-likeness (QED) is 0.691. The molecule has 8 nitrogen and oxygen atoms in total. The minimum absolute atomic E-state index is 0.00106. The van der Waals surface area contributed by atoms with Crippen LogP contribution in [0.2, 0.25) is 0 Å². The lowest BCUT2D eigenvalue weighted by Gasteiger charge is -2.06. The largest absolute Gasteiger partial charge is 0.476 e. The van der Waals surface area contributed by atoms with Crippen molar-refractivity contribution in [3.05, 3.63) is 42.1 Å². The number of amides is 1. The fourth-order valence-electron chi connectivity index (χ4n) is 1.59. The highest BCUT2D eigenvalue weighted by molar-refractivity contribution is 5.93. The van der Waals surface area contributed by atoms with Crippen LogP contribution in [0.25, 0.3) is 0 Å². The third-order valence-electron chi connectivity index (χ3n) is 2.57. The van der Waals surface area contributed by atoms with E-state index in [4.69, 9.17) is 10.8 Å². The SMILES string of the molecule is NC(=O)c1ccnc(NCCn2cnc(C(=O)O)c2)c1. The first-order valence-corrected chi connectivity index (χ1v) is 5.81. The second-order valence-electron chi connectivity index (χ2n) is 4.02. The van der Waals surface area contributed by atoms with Gasteiger partial charge in [-0.2, -0.15) is 0 Å². The van der Waals surface area contributed by atoms with Gasteiger partial charge in [-0.1, -0.05) is 0 Å². The van der Waals surface area contributed by atoms with Gasteiger partial charge in [-0.15, -0.1) is 0 Å². The van der Waals surface area contributed by atoms with Crippen LogP contribution in [0.1, 0.15) is 20.8 Å². The molecule has 0 atom stereocenters. The van der Waals surface area contributed by atoms with Crippen molar-refractivity contribution in [2.24, 2.45) is 5.73 Å². The highest BCUT2D eigenvalue weighted by Gasteiger charge is 2.06. The van der Waals surface area contributed by atoms with Gasteiger partial charge in [0.15, 0.2) is 5.69 Å². The number of pyridine rings is 1. The second kappa shape index (κ2) is 5.83. The van der Waals surface area contributed by atoms with E-state index in [0.717, 1.165) is 0 Å². The molecule has 0 bridgehead atoms. The molecule has 2 heterocycles. The average molecular weight is 275 g/mol. The molecule has 4 N–H and O–H groups in total. The molecule has 0 aromatic carbocycles. The Hall–Kier alpha value is -2.90. The fraction of sp³-hybridized carbons (Fsp3) is 0.167. The van der Waals surface area contributed by atoms with Gasteiger partial charge < -0.3 is 20.7 Å². The van der Waals surface area contributed by atoms with Crippen LogP contribution in [0.5, 0.6) is 0 Å². The Bertz CT molecular complexity index is 638. The number of carbonyl (C=O) groups is 2. The lowest BCUT2D eigenvalue weighted by molar-refractivity contribution is 0.0690. The molecule has 104 valence electrons. The molecule has 0 saturated heterocycles. The number of nitrogens with two attached hydrogens (primary N) is 1. The van der Waals surface area contributed by atoms with Gasteiger partial charge in [-0.3, -0.25) is 4.79 Å². The van der Waals surface area contributed by atoms with E-state index in [0.29, 0.717) is 24.5 Å². The summed E-state index contributed by atoms with van der Waals surface area (Å²) in [5.74, 6) is -1.05. The number of nitrogens with zero attached hydrogens (tertiary/aromatic N) is 3. The van der Waals surface area contributed by atoms with Crippen LogP contribution < -0.4 is 11.1 Å². The molecule has 0 aliphatic heterocycles. The number of nitrogens with one attached hydrogen (secondary N) is 1. The van der Waals surface area contributed by atoms with Gasteiger partial charge in [-0.05, 0) is 12.1 Å². The van der Waals surface area contributed by atoms with E-state index in [1.54, 1.807) is 10.6 Å². The molecule has 2 rings (SSSR count). The summed E-state index contributed by atoms with van der Waals surface area (Å²) in [4.78, 5) is 29.5. The van der Waals surface area contributed by atoms with E-state index in [2.05, 4.69) is 15.3 Å². The van der Waals surface area contributed by atoms with Gasteiger partial charge in [0.25, 0.3) is 0 Å². The topological polar surface area (TPSA) is 123 Å². The van der Waals surface area contributed by atoms with E-state index in [9.17, 15) is 9.59 Å². The summed E-state index contributed by atoms with van der Waals surface area (Å²) >= 11 is 0. The van der Waals surface area contributed by atoms with Crippen LogP contribution in [-0.4, -0.2) is 38.1 Å². The number of rotatable bonds is 6. The molecule has 0 radical (unpaired) electrons. The minimum Gasteiger partial charge on any atom is -0.476 e. The van der Waals surface area contributed by atoms with Crippen molar-refractivity contribution < 1.29 is 14.7 Å². The van der Waals surface area contributed by atoms with Crippen molar-refractivity contribution in [1.29, 1.82) is 0 Å². The first-order valence-electron chi connectivity index (χ1n) is 5.81. The number of aromatic nitrogens is 3. The molecule has 0 unspecified atom stereocenters. The van der Waals surface area contributed by atoms with Gasteiger partial charge >= 0.3 is 5.97 Å². The van der Waals surface area contributed by atoms with E-state index < -0.39 is 11.9 Å². The van der Waals surface area contributed by atoms with Crippen LogP contribution in [0, 0.1) is 0 Å². The fourth-order valence-corrected chi connectivity index (χ4v) is 1.59. The van der Waals surface area contributed by atoms with Crippen molar-refractivity contribution in [2.75, 3.05) is 11.9 Å². The van der Waals surface area contributed by atoms with Crippen molar-refractivity contribution >= 4 is 17.7 Å². The van der Waals surface area contributed by atoms with Gasteiger partial charge in [-0.25, -0.2) is 14.8 Å². The molecule has 0 spiro atoms. The Labute approximate surface area is 114 Å². The zero-order valence-electron chi connectivity index (χ0n) is 10.5. The maximum Gasteiger partial charge on any atom is 0.356 e. The minimum atomic E-state index is -1.06. The smallest absolute Gasteiger partial charge is 0.356 e. The van der Waals surface area contributed by atoms with Crippen LogP contribution in [-0.2, 0) is 6.54 Å². The van der Waals surface area contributed by atoms with Crippen LogP contribution in [0.3, 0.4) is 0 Å². The van der Waals surface area contributed by atoms with Crippen LogP contribution >= 0.6 is 0 Å². The summed E-state index contributed by atoms with van der Waals surface area (Å²) in [6.07, 6.45) is 4.37. The third kappa shape index (κ3) is 3.31. The molecular weight excluding hydrogens is 262 g/mol. The molecule has 8 heteroatoms. The van der Waals surface area contributed by atoms with Crippen molar-refractivity contribution in [3.63, 3.8) is 0 Å². The van der Waals surface area contributed by atoms with Crippen molar-refractivity contribution in [3.8, 4) is 0 Å². The summed E-state index contributed by atoms with van der Waals surface area (Å²) in [5, 5.41) is 11.8. The Balaban J connectivity index is 1.90. The molecular formula is C12H13N5O3. The van der Waals surface area contributed by atoms with E-state index in [1.165, 1.54) is 24.8 Å². The maximum absolute atomic E-state index is 11.0. The normalized spacial score (nSPS) is 10.2. The summed E-state index contributed by atoms with van der Waals surface area (Å²) in [6.45, 7) is 1.02. The Morgan fingerprint density at radius 2 is 2.20 bits per heavy atom. The number of carboxylic acid groups (broad SMARTS) is 1. The van der Waals surface area contributed by atoms with Gasteiger partial charge in [0, 0.05) is 31.0 Å². The van der Waals surface area contributed by atoms with Crippen molar-refractivity contribution in [2.45, 2.75) is 6.54 Å². The highest BCUT2D eigenvalue weighted by Crippen LogP contribution is 2.06. The Kier molecular flexibility index (Phi) is 3.94. The summed E-state index contributed by atoms with van der Waals surface area (Å²) in [5.41, 5.74) is 5.54. The first-order chi connectivity index (χ1) is 9.56. The second-order valence-corrected chi connectivity index (χ2v) is 4.02. The molecule has 1 amide bonds. The zero-order valence-corrected chi connectivity index (χ0v) is 10.5. The Morgan fingerprint density at radius 3 is 2.85 bits per heavy atom. The maximum atomic E-state index is 11.0. The molecule has 0 aliphatic carbocycles. The first kappa shape index (κ1) is 13.5. The predicted molar refractivity (Wildman–Crippen MR) is 70.4 cm³/mol. The lowest BCUT2D eigenvalue weighted by atomic mass is 10.2. The number of aromatic carboxylic acids is 1. The summed E-state index contributed by atoms with van der Waals surface area (Å²) < 4.78 is 1.65. The standard InChI is InChI=1S/C12H13N5O3/c13-11(18)8-1-2-14-10(5-8)15-3-4-17-6-9(12(19)20)16-7-17/h1-2,5-7H,3-4H2,(H2,13,18)(H,14,15)(H,19,20). The van der Waals surface area contributed by atoms with Gasteiger partial charge in [0.1, 0.15) is 5.82 Å². The van der Waals surface area contributed by atoms with Crippen LogP contribution in [0.4, 0.5) is 5.82 Å². The zero-order chi connectivity index (χ0) is 14.5.